The van der Waals surface area contributed by atoms with E-state index in [1.54, 1.807) is 13.2 Å². The average molecular weight is 622 g/mol. The molecular formula is C35H40ClNO7. The highest BCUT2D eigenvalue weighted by Crippen LogP contribution is 2.33. The number of benzene rings is 4. The number of para-hydroxylation sites is 1. The largest absolute Gasteiger partial charge is 0.496 e. The molecule has 8 nitrogen and oxygen atoms in total. The summed E-state index contributed by atoms with van der Waals surface area (Å²) in [5, 5.41) is 25.4. The first-order chi connectivity index (χ1) is 21.6. The van der Waals surface area contributed by atoms with E-state index in [0.717, 1.165) is 33.4 Å². The second kappa shape index (κ2) is 16.1. The Balaban J connectivity index is 1.24. The highest BCUT2D eigenvalue weighted by Gasteiger charge is 2.36. The molecule has 1 fully saturated rings. The molecule has 9 heteroatoms. The summed E-state index contributed by atoms with van der Waals surface area (Å²) in [5.41, 5.74) is 2.06. The Bertz CT molecular complexity index is 1470. The van der Waals surface area contributed by atoms with E-state index in [4.69, 9.17) is 35.3 Å². The van der Waals surface area contributed by atoms with Crippen molar-refractivity contribution in [2.75, 3.05) is 46.6 Å². The number of aliphatic hydroxyl groups is 2. The van der Waals surface area contributed by atoms with Crippen LogP contribution in [0.25, 0.3) is 10.8 Å². The van der Waals surface area contributed by atoms with E-state index < -0.39 is 6.10 Å². The summed E-state index contributed by atoms with van der Waals surface area (Å²) < 4.78 is 30.0. The van der Waals surface area contributed by atoms with Gasteiger partial charge in [0.2, 0.25) is 0 Å². The predicted octanol–water partition coefficient (Wildman–Crippen LogP) is 5.36. The van der Waals surface area contributed by atoms with Crippen LogP contribution in [0, 0.1) is 0 Å². The second-order valence-corrected chi connectivity index (χ2v) is 11.2. The molecule has 1 aliphatic heterocycles. The second-order valence-electron chi connectivity index (χ2n) is 10.8. The van der Waals surface area contributed by atoms with Crippen LogP contribution in [0.5, 0.6) is 17.2 Å². The zero-order valence-electron chi connectivity index (χ0n) is 24.9. The lowest BCUT2D eigenvalue weighted by molar-refractivity contribution is -0.0833. The molecule has 4 aromatic rings. The minimum Gasteiger partial charge on any atom is -0.496 e. The van der Waals surface area contributed by atoms with Gasteiger partial charge in [-0.25, -0.2) is 0 Å². The van der Waals surface area contributed by atoms with E-state index >= 15 is 0 Å². The van der Waals surface area contributed by atoms with Crippen LogP contribution < -0.4 is 19.5 Å². The van der Waals surface area contributed by atoms with Crippen molar-refractivity contribution in [3.05, 3.63) is 101 Å². The number of nitrogens with one attached hydrogen (secondary N) is 1. The van der Waals surface area contributed by atoms with Gasteiger partial charge in [-0.05, 0) is 52.9 Å². The number of hydrogen-bond donors (Lipinski definition) is 3. The minimum absolute atomic E-state index is 0.0331. The van der Waals surface area contributed by atoms with Crippen molar-refractivity contribution < 1.29 is 33.9 Å². The Morgan fingerprint density at radius 1 is 0.864 bits per heavy atom. The third-order valence-corrected chi connectivity index (χ3v) is 8.00. The maximum Gasteiger partial charge on any atom is 0.137 e. The van der Waals surface area contributed by atoms with Crippen LogP contribution in [0.4, 0.5) is 0 Å². The number of methoxy groups -OCH3 is 1. The first-order valence-corrected chi connectivity index (χ1v) is 15.3. The number of piperidine rings is 1. The van der Waals surface area contributed by atoms with Crippen molar-refractivity contribution in [1.29, 1.82) is 0 Å². The number of halogens is 1. The standard InChI is InChI=1S/C35H40ClNO7/c1-40-32-18-24(17-26-7-2-3-8-29(26)32)22-43-33-19-37-20-34(44-23-27(39)21-38)35(33)25-11-13-28(14-12-25)41-15-6-16-42-31-10-5-4-9-30(31)36/h2-5,7-14,17-18,27,33-35,37-39H,6,15-16,19-23H2,1H3/t27-,33+,34-,35-/m1/s1. The molecular weight excluding hydrogens is 582 g/mol. The predicted molar refractivity (Wildman–Crippen MR) is 171 cm³/mol. The quantitative estimate of drug-likeness (QED) is 0.153. The molecule has 0 bridgehead atoms. The van der Waals surface area contributed by atoms with Crippen LogP contribution in [0.1, 0.15) is 23.5 Å². The van der Waals surface area contributed by atoms with E-state index in [2.05, 4.69) is 17.4 Å². The molecule has 5 rings (SSSR count). The van der Waals surface area contributed by atoms with Crippen molar-refractivity contribution in [1.82, 2.24) is 5.32 Å². The summed E-state index contributed by atoms with van der Waals surface area (Å²) in [6.45, 7) is 2.31. The summed E-state index contributed by atoms with van der Waals surface area (Å²) >= 11 is 6.15. The summed E-state index contributed by atoms with van der Waals surface area (Å²) in [4.78, 5) is 0. The molecule has 234 valence electrons. The Morgan fingerprint density at radius 3 is 2.36 bits per heavy atom. The van der Waals surface area contributed by atoms with Crippen LogP contribution in [-0.4, -0.2) is 75.2 Å². The molecule has 44 heavy (non-hydrogen) atoms. The van der Waals surface area contributed by atoms with E-state index in [0.29, 0.717) is 50.1 Å². The van der Waals surface area contributed by atoms with Gasteiger partial charge in [-0.2, -0.15) is 0 Å². The van der Waals surface area contributed by atoms with Crippen molar-refractivity contribution in [2.24, 2.45) is 0 Å². The van der Waals surface area contributed by atoms with Gasteiger partial charge in [0.25, 0.3) is 0 Å². The molecule has 1 aliphatic rings. The van der Waals surface area contributed by atoms with Gasteiger partial charge < -0.3 is 39.2 Å². The summed E-state index contributed by atoms with van der Waals surface area (Å²) in [6.07, 6.45) is -0.708. The molecule has 1 saturated heterocycles. The number of fused-ring (bicyclic) bond motifs is 1. The molecule has 0 aliphatic carbocycles. The molecule has 4 aromatic carbocycles. The topological polar surface area (TPSA) is 98.6 Å². The molecule has 0 aromatic heterocycles. The van der Waals surface area contributed by atoms with Crippen LogP contribution >= 0.6 is 11.6 Å². The van der Waals surface area contributed by atoms with Crippen molar-refractivity contribution in [2.45, 2.75) is 37.3 Å². The Morgan fingerprint density at radius 2 is 1.59 bits per heavy atom. The van der Waals surface area contributed by atoms with Crippen LogP contribution in [-0.2, 0) is 16.1 Å². The first-order valence-electron chi connectivity index (χ1n) is 14.9. The average Bonchev–Trinajstić information content (AvgIpc) is 3.06. The highest BCUT2D eigenvalue weighted by molar-refractivity contribution is 6.32. The summed E-state index contributed by atoms with van der Waals surface area (Å²) in [7, 11) is 1.68. The number of rotatable bonds is 15. The fourth-order valence-corrected chi connectivity index (χ4v) is 5.66. The van der Waals surface area contributed by atoms with Gasteiger partial charge in [0.15, 0.2) is 0 Å². The molecule has 0 radical (unpaired) electrons. The summed E-state index contributed by atoms with van der Waals surface area (Å²) in [5.74, 6) is 2.13. The van der Waals surface area contributed by atoms with Crippen LogP contribution in [0.15, 0.2) is 84.9 Å². The van der Waals surface area contributed by atoms with E-state index in [1.807, 2.05) is 66.7 Å². The maximum atomic E-state index is 9.96. The van der Waals surface area contributed by atoms with E-state index in [9.17, 15) is 10.2 Å². The molecule has 3 N–H and O–H groups in total. The van der Waals surface area contributed by atoms with Crippen LogP contribution in [0.3, 0.4) is 0 Å². The van der Waals surface area contributed by atoms with Gasteiger partial charge in [-0.1, -0.05) is 60.1 Å². The Labute approximate surface area is 263 Å². The van der Waals surface area contributed by atoms with Gasteiger partial charge in [0, 0.05) is 30.8 Å². The van der Waals surface area contributed by atoms with E-state index in [-0.39, 0.29) is 31.3 Å². The molecule has 1 heterocycles. The molecule has 0 unspecified atom stereocenters. The fraction of sp³-hybridized carbons (Fsp3) is 0.371. The zero-order valence-corrected chi connectivity index (χ0v) is 25.6. The smallest absolute Gasteiger partial charge is 0.137 e. The normalized spacial score (nSPS) is 19.0. The van der Waals surface area contributed by atoms with Crippen molar-refractivity contribution in [3.63, 3.8) is 0 Å². The SMILES string of the molecule is COc1cc(CO[C@H]2CNC[C@@H](OC[C@H](O)CO)[C@@H]2c2ccc(OCCCOc3ccccc3Cl)cc2)cc2ccccc12. The number of ether oxygens (including phenoxy) is 5. The van der Waals surface area contributed by atoms with Gasteiger partial charge in [0.05, 0.1) is 57.4 Å². The first kappa shape index (κ1) is 32.0. The molecule has 0 saturated carbocycles. The van der Waals surface area contributed by atoms with Crippen molar-refractivity contribution >= 4 is 22.4 Å². The monoisotopic (exact) mass is 621 g/mol. The number of hydrogen-bond acceptors (Lipinski definition) is 8. The number of aliphatic hydroxyl groups excluding tert-OH is 2. The molecule has 4 atom stereocenters. The maximum absolute atomic E-state index is 9.96. The molecule has 0 spiro atoms. The Hall–Kier alpha value is -3.37. The highest BCUT2D eigenvalue weighted by atomic mass is 35.5. The fourth-order valence-electron chi connectivity index (χ4n) is 5.47. The lowest BCUT2D eigenvalue weighted by Gasteiger charge is -2.39. The lowest BCUT2D eigenvalue weighted by atomic mass is 9.85. The van der Waals surface area contributed by atoms with Gasteiger partial charge >= 0.3 is 0 Å². The van der Waals surface area contributed by atoms with Crippen molar-refractivity contribution in [3.8, 4) is 17.2 Å². The molecule has 0 amide bonds. The van der Waals surface area contributed by atoms with Gasteiger partial charge in [0.1, 0.15) is 23.4 Å². The van der Waals surface area contributed by atoms with Crippen LogP contribution in [0.2, 0.25) is 5.02 Å². The third-order valence-electron chi connectivity index (χ3n) is 7.69. The lowest BCUT2D eigenvalue weighted by Crippen LogP contribution is -2.51. The van der Waals surface area contributed by atoms with E-state index in [1.165, 1.54) is 0 Å². The zero-order chi connectivity index (χ0) is 30.7. The summed E-state index contributed by atoms with van der Waals surface area (Å²) in [6, 6.07) is 27.7. The van der Waals surface area contributed by atoms with Gasteiger partial charge in [-0.3, -0.25) is 0 Å². The Kier molecular flexibility index (Phi) is 11.7. The van der Waals surface area contributed by atoms with Gasteiger partial charge in [-0.15, -0.1) is 0 Å². The third kappa shape index (κ3) is 8.41. The minimum atomic E-state index is -0.945.